The van der Waals surface area contributed by atoms with Crippen LogP contribution in [0.1, 0.15) is 17.6 Å². The van der Waals surface area contributed by atoms with Gasteiger partial charge in [-0.2, -0.15) is 0 Å². The topological polar surface area (TPSA) is 57.6 Å². The quantitative estimate of drug-likeness (QED) is 0.811. The molecule has 0 aliphatic carbocycles. The molecule has 0 aliphatic heterocycles. The van der Waals surface area contributed by atoms with E-state index < -0.39 is 0 Å². The lowest BCUT2D eigenvalue weighted by atomic mass is 10.2. The molecule has 2 rings (SSSR count). The summed E-state index contributed by atoms with van der Waals surface area (Å²) in [4.78, 5) is 0. The van der Waals surface area contributed by atoms with Crippen LogP contribution in [-0.4, -0.2) is 13.7 Å². The first kappa shape index (κ1) is 15.4. The first-order valence-electron chi connectivity index (χ1n) is 6.01. The summed E-state index contributed by atoms with van der Waals surface area (Å²) < 4.78 is 18.3. The van der Waals surface area contributed by atoms with Gasteiger partial charge >= 0.3 is 0 Å². The number of aryl methyl sites for hydroxylation is 1. The second-order valence-electron chi connectivity index (χ2n) is 4.21. The van der Waals surface area contributed by atoms with Gasteiger partial charge < -0.3 is 19.6 Å². The number of hydrogen-bond donors (Lipinski definition) is 1. The molecular formula is C14H15Br2NO3. The minimum atomic E-state index is -0.333. The van der Waals surface area contributed by atoms with Crippen LogP contribution in [0.15, 0.2) is 37.6 Å². The Morgan fingerprint density at radius 3 is 2.40 bits per heavy atom. The highest BCUT2D eigenvalue weighted by Crippen LogP contribution is 2.37. The summed E-state index contributed by atoms with van der Waals surface area (Å²) in [6.45, 7) is 2.21. The van der Waals surface area contributed by atoms with Gasteiger partial charge in [-0.05, 0) is 63.0 Å². The average molecular weight is 405 g/mol. The van der Waals surface area contributed by atoms with Gasteiger partial charge in [0.05, 0.1) is 16.1 Å². The molecule has 1 heterocycles. The van der Waals surface area contributed by atoms with Crippen LogP contribution >= 0.6 is 31.9 Å². The van der Waals surface area contributed by atoms with Crippen LogP contribution < -0.4 is 15.2 Å². The number of furan rings is 1. The zero-order valence-corrected chi connectivity index (χ0v) is 14.3. The first-order valence-corrected chi connectivity index (χ1v) is 7.59. The van der Waals surface area contributed by atoms with Crippen molar-refractivity contribution in [3.63, 3.8) is 0 Å². The lowest BCUT2D eigenvalue weighted by Crippen LogP contribution is -2.18. The molecule has 0 bridgehead atoms. The Balaban J connectivity index is 2.26. The van der Waals surface area contributed by atoms with Gasteiger partial charge in [0.1, 0.15) is 23.0 Å². The van der Waals surface area contributed by atoms with Gasteiger partial charge in [-0.25, -0.2) is 0 Å². The Bertz CT molecular complexity index is 598. The minimum Gasteiger partial charge on any atom is -0.496 e. The van der Waals surface area contributed by atoms with E-state index in [0.29, 0.717) is 18.1 Å². The molecule has 6 heteroatoms. The molecule has 0 amide bonds. The molecule has 0 fully saturated rings. The summed E-state index contributed by atoms with van der Waals surface area (Å²) in [5.74, 6) is 2.94. The van der Waals surface area contributed by atoms with Gasteiger partial charge in [0.15, 0.2) is 6.10 Å². The van der Waals surface area contributed by atoms with Crippen molar-refractivity contribution >= 4 is 31.9 Å². The van der Waals surface area contributed by atoms with Crippen LogP contribution in [0.3, 0.4) is 0 Å². The number of nitrogens with two attached hydrogens (primary N) is 1. The number of methoxy groups -OCH3 is 1. The number of ether oxygens (including phenoxy) is 2. The number of rotatable bonds is 5. The van der Waals surface area contributed by atoms with Gasteiger partial charge in [0.2, 0.25) is 0 Å². The van der Waals surface area contributed by atoms with Crippen LogP contribution in [0.5, 0.6) is 11.5 Å². The lowest BCUT2D eigenvalue weighted by Gasteiger charge is -2.17. The second kappa shape index (κ2) is 6.65. The van der Waals surface area contributed by atoms with Crippen LogP contribution in [0.2, 0.25) is 0 Å². The van der Waals surface area contributed by atoms with E-state index in [9.17, 15) is 0 Å². The lowest BCUT2D eigenvalue weighted by molar-refractivity contribution is 0.181. The summed E-state index contributed by atoms with van der Waals surface area (Å²) in [6.07, 6.45) is -0.333. The van der Waals surface area contributed by atoms with Crippen LogP contribution in [-0.2, 0) is 0 Å². The first-order chi connectivity index (χ1) is 9.55. The predicted octanol–water partition coefficient (Wildman–Crippen LogP) is 4.20. The van der Waals surface area contributed by atoms with Crippen molar-refractivity contribution in [2.75, 3.05) is 13.7 Å². The van der Waals surface area contributed by atoms with Gasteiger partial charge in [-0.1, -0.05) is 0 Å². The van der Waals surface area contributed by atoms with Crippen molar-refractivity contribution < 1.29 is 13.9 Å². The fourth-order valence-electron chi connectivity index (χ4n) is 1.76. The number of hydrogen-bond acceptors (Lipinski definition) is 4. The molecule has 0 aliphatic rings. The van der Waals surface area contributed by atoms with E-state index in [4.69, 9.17) is 19.6 Å². The maximum atomic E-state index is 5.92. The monoisotopic (exact) mass is 403 g/mol. The normalized spacial score (nSPS) is 12.2. The fourth-order valence-corrected chi connectivity index (χ4v) is 2.66. The summed E-state index contributed by atoms with van der Waals surface area (Å²) in [6, 6.07) is 7.43. The molecule has 2 N–H and O–H groups in total. The molecule has 2 aromatic rings. The molecule has 1 aromatic heterocycles. The third-order valence-electron chi connectivity index (χ3n) is 2.77. The van der Waals surface area contributed by atoms with E-state index in [1.54, 1.807) is 7.11 Å². The SMILES string of the molecule is COc1cc(Br)c(OC(CN)c2ccc(C)o2)cc1Br. The molecule has 0 spiro atoms. The van der Waals surface area contributed by atoms with Crippen LogP contribution in [0, 0.1) is 6.92 Å². The highest BCUT2D eigenvalue weighted by molar-refractivity contribution is 9.11. The highest BCUT2D eigenvalue weighted by Gasteiger charge is 2.18. The molecule has 0 radical (unpaired) electrons. The largest absolute Gasteiger partial charge is 0.496 e. The maximum absolute atomic E-state index is 5.92. The molecule has 1 unspecified atom stereocenters. The Hall–Kier alpha value is -0.980. The predicted molar refractivity (Wildman–Crippen MR) is 84.3 cm³/mol. The Morgan fingerprint density at radius 1 is 1.20 bits per heavy atom. The zero-order chi connectivity index (χ0) is 14.7. The van der Waals surface area contributed by atoms with E-state index in [0.717, 1.165) is 20.5 Å². The molecule has 1 atom stereocenters. The summed E-state index contributed by atoms with van der Waals surface area (Å²) in [5, 5.41) is 0. The molecule has 20 heavy (non-hydrogen) atoms. The fraction of sp³-hybridized carbons (Fsp3) is 0.286. The minimum absolute atomic E-state index is 0.322. The standard InChI is InChI=1S/C14H15Br2NO3/c1-8-3-4-11(19-8)14(7-17)20-13-6-9(15)12(18-2)5-10(13)16/h3-6,14H,7,17H2,1-2H3. The van der Waals surface area contributed by atoms with E-state index in [1.165, 1.54) is 0 Å². The second-order valence-corrected chi connectivity index (χ2v) is 5.92. The van der Waals surface area contributed by atoms with Crippen LogP contribution in [0.4, 0.5) is 0 Å². The van der Waals surface area contributed by atoms with Gasteiger partial charge in [-0.3, -0.25) is 0 Å². The number of halogens is 2. The van der Waals surface area contributed by atoms with Crippen molar-refractivity contribution in [3.8, 4) is 11.5 Å². The average Bonchev–Trinajstić information content (AvgIpc) is 2.85. The van der Waals surface area contributed by atoms with Crippen molar-refractivity contribution in [3.05, 3.63) is 44.7 Å². The molecular weight excluding hydrogens is 390 g/mol. The van der Waals surface area contributed by atoms with Crippen molar-refractivity contribution in [1.29, 1.82) is 0 Å². The third-order valence-corrected chi connectivity index (χ3v) is 4.01. The van der Waals surface area contributed by atoms with Gasteiger partial charge in [0.25, 0.3) is 0 Å². The van der Waals surface area contributed by atoms with Crippen molar-refractivity contribution in [2.24, 2.45) is 5.73 Å². The molecule has 1 aromatic carbocycles. The zero-order valence-electron chi connectivity index (χ0n) is 11.2. The van der Waals surface area contributed by atoms with E-state index in [1.807, 2.05) is 31.2 Å². The smallest absolute Gasteiger partial charge is 0.168 e. The molecule has 0 saturated heterocycles. The summed E-state index contributed by atoms with van der Waals surface area (Å²) in [5.41, 5.74) is 5.77. The Morgan fingerprint density at radius 2 is 1.85 bits per heavy atom. The van der Waals surface area contributed by atoms with Gasteiger partial charge in [-0.15, -0.1) is 0 Å². The van der Waals surface area contributed by atoms with Crippen molar-refractivity contribution in [1.82, 2.24) is 0 Å². The molecule has 108 valence electrons. The van der Waals surface area contributed by atoms with Crippen molar-refractivity contribution in [2.45, 2.75) is 13.0 Å². The maximum Gasteiger partial charge on any atom is 0.168 e. The van der Waals surface area contributed by atoms with Crippen LogP contribution in [0.25, 0.3) is 0 Å². The molecule has 4 nitrogen and oxygen atoms in total. The number of benzene rings is 1. The third kappa shape index (κ3) is 3.37. The summed E-state index contributed by atoms with van der Waals surface area (Å²) in [7, 11) is 1.61. The van der Waals surface area contributed by atoms with E-state index >= 15 is 0 Å². The molecule has 0 saturated carbocycles. The van der Waals surface area contributed by atoms with Gasteiger partial charge in [0, 0.05) is 6.54 Å². The van der Waals surface area contributed by atoms with E-state index in [2.05, 4.69) is 31.9 Å². The Labute approximate surface area is 134 Å². The Kier molecular flexibility index (Phi) is 5.12. The summed E-state index contributed by atoms with van der Waals surface area (Å²) >= 11 is 6.89. The highest BCUT2D eigenvalue weighted by atomic mass is 79.9. The van der Waals surface area contributed by atoms with E-state index in [-0.39, 0.29) is 6.10 Å².